The summed E-state index contributed by atoms with van der Waals surface area (Å²) in [4.78, 5) is 18.3. The lowest BCUT2D eigenvalue weighted by Crippen LogP contribution is -2.30. The number of halogens is 1. The standard InChI is InChI=1S/C15H17FN4O/c1-15(2,3)14-17-12(18-19-14)13(21)20-7-6-9-4-5-10(16)8-11(9)20/h4-5,8H,6-7H2,1-3H3,(H,17,18,19). The predicted molar refractivity (Wildman–Crippen MR) is 76.9 cm³/mol. The van der Waals surface area contributed by atoms with Gasteiger partial charge in [0.1, 0.15) is 11.6 Å². The molecule has 0 aliphatic carbocycles. The lowest BCUT2D eigenvalue weighted by molar-refractivity contribution is 0.0979. The van der Waals surface area contributed by atoms with Gasteiger partial charge in [-0.25, -0.2) is 9.37 Å². The number of nitrogens with one attached hydrogen (secondary N) is 1. The first-order chi connectivity index (χ1) is 9.86. The van der Waals surface area contributed by atoms with Gasteiger partial charge in [0.25, 0.3) is 5.91 Å². The molecule has 0 saturated carbocycles. The fourth-order valence-electron chi connectivity index (χ4n) is 2.38. The van der Waals surface area contributed by atoms with Crippen molar-refractivity contribution in [3.63, 3.8) is 0 Å². The first kappa shape index (κ1) is 13.7. The molecule has 0 radical (unpaired) electrons. The zero-order chi connectivity index (χ0) is 15.2. The summed E-state index contributed by atoms with van der Waals surface area (Å²) in [6.45, 7) is 6.49. The van der Waals surface area contributed by atoms with E-state index in [0.29, 0.717) is 18.1 Å². The first-order valence-electron chi connectivity index (χ1n) is 6.89. The average Bonchev–Trinajstić information content (AvgIpc) is 3.03. The van der Waals surface area contributed by atoms with Crippen molar-refractivity contribution >= 4 is 11.6 Å². The minimum atomic E-state index is -0.348. The highest BCUT2D eigenvalue weighted by atomic mass is 19.1. The van der Waals surface area contributed by atoms with Crippen molar-refractivity contribution < 1.29 is 9.18 Å². The summed E-state index contributed by atoms with van der Waals surface area (Å²) in [6.07, 6.45) is 0.720. The Bertz CT molecular complexity index is 702. The highest BCUT2D eigenvalue weighted by Crippen LogP contribution is 2.29. The number of amides is 1. The van der Waals surface area contributed by atoms with Crippen molar-refractivity contribution in [3.05, 3.63) is 41.2 Å². The maximum atomic E-state index is 13.4. The third kappa shape index (κ3) is 2.41. The van der Waals surface area contributed by atoms with Crippen LogP contribution in [0.5, 0.6) is 0 Å². The predicted octanol–water partition coefficient (Wildman–Crippen LogP) is 2.44. The van der Waals surface area contributed by atoms with E-state index in [0.717, 1.165) is 12.0 Å². The second kappa shape index (κ2) is 4.65. The number of fused-ring (bicyclic) bond motifs is 1. The van der Waals surface area contributed by atoms with Crippen LogP contribution >= 0.6 is 0 Å². The smallest absolute Gasteiger partial charge is 0.297 e. The highest BCUT2D eigenvalue weighted by molar-refractivity contribution is 6.04. The van der Waals surface area contributed by atoms with Crippen LogP contribution in [0.15, 0.2) is 18.2 Å². The summed E-state index contributed by atoms with van der Waals surface area (Å²) >= 11 is 0. The van der Waals surface area contributed by atoms with Gasteiger partial charge in [0.2, 0.25) is 5.82 Å². The average molecular weight is 288 g/mol. The Morgan fingerprint density at radius 1 is 1.38 bits per heavy atom. The number of H-pyrrole nitrogens is 1. The molecule has 21 heavy (non-hydrogen) atoms. The van der Waals surface area contributed by atoms with Gasteiger partial charge in [0, 0.05) is 12.0 Å². The SMILES string of the molecule is CC(C)(C)c1nc(C(=O)N2CCc3ccc(F)cc32)n[nH]1. The van der Waals surface area contributed by atoms with Crippen LogP contribution in [0, 0.1) is 5.82 Å². The van der Waals surface area contributed by atoms with Crippen LogP contribution in [0.3, 0.4) is 0 Å². The lowest BCUT2D eigenvalue weighted by atomic mass is 9.96. The number of carbonyl (C=O) groups is 1. The molecule has 3 rings (SSSR count). The molecular weight excluding hydrogens is 271 g/mol. The monoisotopic (exact) mass is 288 g/mol. The Kier molecular flexibility index (Phi) is 3.04. The van der Waals surface area contributed by atoms with Gasteiger partial charge in [-0.2, -0.15) is 0 Å². The van der Waals surface area contributed by atoms with Crippen LogP contribution in [0.25, 0.3) is 0 Å². The summed E-state index contributed by atoms with van der Waals surface area (Å²) in [6, 6.07) is 4.52. The molecule has 1 aromatic heterocycles. The summed E-state index contributed by atoms with van der Waals surface area (Å²) in [7, 11) is 0. The minimum Gasteiger partial charge on any atom is -0.305 e. The second-order valence-electron chi connectivity index (χ2n) is 6.24. The molecule has 0 atom stereocenters. The largest absolute Gasteiger partial charge is 0.305 e. The van der Waals surface area contributed by atoms with Crippen LogP contribution in [0.1, 0.15) is 42.8 Å². The number of carbonyl (C=O) groups excluding carboxylic acids is 1. The summed E-state index contributed by atoms with van der Waals surface area (Å²) in [5.74, 6) is 0.131. The first-order valence-corrected chi connectivity index (χ1v) is 6.89. The van der Waals surface area contributed by atoms with E-state index in [1.54, 1.807) is 6.07 Å². The Balaban J connectivity index is 1.91. The van der Waals surface area contributed by atoms with Crippen LogP contribution in [0.4, 0.5) is 10.1 Å². The van der Waals surface area contributed by atoms with Crippen molar-refractivity contribution in [2.45, 2.75) is 32.6 Å². The van der Waals surface area contributed by atoms with Gasteiger partial charge in [-0.15, -0.1) is 5.10 Å². The molecule has 1 N–H and O–H groups in total. The zero-order valence-corrected chi connectivity index (χ0v) is 12.3. The Hall–Kier alpha value is -2.24. The normalized spacial score (nSPS) is 14.4. The minimum absolute atomic E-state index is 0.122. The molecular formula is C15H17FN4O. The number of benzene rings is 1. The summed E-state index contributed by atoms with van der Waals surface area (Å²) in [5.41, 5.74) is 1.37. The molecule has 1 amide bonds. The fourth-order valence-corrected chi connectivity index (χ4v) is 2.38. The maximum Gasteiger partial charge on any atom is 0.297 e. The van der Waals surface area contributed by atoms with Crippen LogP contribution < -0.4 is 4.90 Å². The molecule has 1 aromatic carbocycles. The van der Waals surface area contributed by atoms with Gasteiger partial charge >= 0.3 is 0 Å². The fraction of sp³-hybridized carbons (Fsp3) is 0.400. The van der Waals surface area contributed by atoms with E-state index >= 15 is 0 Å². The summed E-state index contributed by atoms with van der Waals surface area (Å²) < 4.78 is 13.4. The third-order valence-electron chi connectivity index (χ3n) is 3.58. The Morgan fingerprint density at radius 2 is 2.14 bits per heavy atom. The number of hydrogen-bond donors (Lipinski definition) is 1. The van der Waals surface area contributed by atoms with Gasteiger partial charge < -0.3 is 4.90 Å². The van der Waals surface area contributed by atoms with Crippen molar-refractivity contribution in [1.29, 1.82) is 0 Å². The lowest BCUT2D eigenvalue weighted by Gasteiger charge is -2.15. The molecule has 2 aromatic rings. The third-order valence-corrected chi connectivity index (χ3v) is 3.58. The number of nitrogens with zero attached hydrogens (tertiary/aromatic N) is 3. The Morgan fingerprint density at radius 3 is 2.81 bits per heavy atom. The van der Waals surface area contributed by atoms with E-state index in [-0.39, 0.29) is 23.0 Å². The maximum absolute atomic E-state index is 13.4. The van der Waals surface area contributed by atoms with E-state index < -0.39 is 0 Å². The molecule has 0 fully saturated rings. The molecule has 1 aliphatic rings. The van der Waals surface area contributed by atoms with E-state index in [9.17, 15) is 9.18 Å². The molecule has 110 valence electrons. The van der Waals surface area contributed by atoms with E-state index in [4.69, 9.17) is 0 Å². The van der Waals surface area contributed by atoms with Crippen molar-refractivity contribution in [3.8, 4) is 0 Å². The van der Waals surface area contributed by atoms with Crippen molar-refractivity contribution in [2.24, 2.45) is 0 Å². The quantitative estimate of drug-likeness (QED) is 0.876. The van der Waals surface area contributed by atoms with Crippen molar-refractivity contribution in [2.75, 3.05) is 11.4 Å². The second-order valence-corrected chi connectivity index (χ2v) is 6.24. The van der Waals surface area contributed by atoms with Gasteiger partial charge in [-0.1, -0.05) is 26.8 Å². The highest BCUT2D eigenvalue weighted by Gasteiger charge is 2.29. The molecule has 0 saturated heterocycles. The zero-order valence-electron chi connectivity index (χ0n) is 12.3. The Labute approximate surface area is 122 Å². The van der Waals surface area contributed by atoms with Gasteiger partial charge in [0.05, 0.1) is 5.69 Å². The van der Waals surface area contributed by atoms with E-state index in [1.165, 1.54) is 17.0 Å². The molecule has 1 aliphatic heterocycles. The van der Waals surface area contributed by atoms with Gasteiger partial charge in [-0.3, -0.25) is 9.89 Å². The van der Waals surface area contributed by atoms with E-state index in [1.807, 2.05) is 20.8 Å². The number of rotatable bonds is 1. The molecule has 0 unspecified atom stereocenters. The van der Waals surface area contributed by atoms with Crippen LogP contribution in [-0.4, -0.2) is 27.6 Å². The topological polar surface area (TPSA) is 61.9 Å². The summed E-state index contributed by atoms with van der Waals surface area (Å²) in [5, 5.41) is 6.80. The van der Waals surface area contributed by atoms with Gasteiger partial charge in [0.15, 0.2) is 0 Å². The molecule has 2 heterocycles. The van der Waals surface area contributed by atoms with E-state index in [2.05, 4.69) is 15.2 Å². The van der Waals surface area contributed by atoms with Crippen LogP contribution in [0.2, 0.25) is 0 Å². The number of aromatic amines is 1. The molecule has 5 nitrogen and oxygen atoms in total. The van der Waals surface area contributed by atoms with Crippen molar-refractivity contribution in [1.82, 2.24) is 15.2 Å². The van der Waals surface area contributed by atoms with Crippen LogP contribution in [-0.2, 0) is 11.8 Å². The molecule has 0 bridgehead atoms. The van der Waals surface area contributed by atoms with Gasteiger partial charge in [-0.05, 0) is 24.1 Å². The molecule has 0 spiro atoms. The molecule has 6 heteroatoms. The number of anilines is 1. The number of hydrogen-bond acceptors (Lipinski definition) is 3. The number of aromatic nitrogens is 3.